The lowest BCUT2D eigenvalue weighted by Crippen LogP contribution is -2.21. The molecule has 1 nitrogen and oxygen atoms in total. The maximum absolute atomic E-state index is 5.43. The van der Waals surface area contributed by atoms with Gasteiger partial charge in [-0.25, -0.2) is 0 Å². The van der Waals surface area contributed by atoms with Crippen LogP contribution in [0, 0.1) is 0 Å². The van der Waals surface area contributed by atoms with Crippen LogP contribution in [0.15, 0.2) is 0 Å². The Balaban J connectivity index is 3.16. The van der Waals surface area contributed by atoms with Gasteiger partial charge in [-0.3, -0.25) is 0 Å². The molecule has 1 atom stereocenters. The molecular formula is C6H15BrOSi. The molecule has 0 amide bonds. The normalized spacial score (nSPS) is 14.3. The third-order valence-corrected chi connectivity index (χ3v) is 5.68. The first-order valence-electron chi connectivity index (χ1n) is 3.44. The van der Waals surface area contributed by atoms with Crippen LogP contribution in [0.5, 0.6) is 0 Å². The Labute approximate surface area is 67.5 Å². The first-order valence-corrected chi connectivity index (χ1v) is 7.33. The van der Waals surface area contributed by atoms with Crippen LogP contribution < -0.4 is 0 Å². The zero-order chi connectivity index (χ0) is 7.28. The number of hydrogen-bond acceptors (Lipinski definition) is 1. The highest BCUT2D eigenvalue weighted by molar-refractivity contribution is 9.10. The first-order chi connectivity index (χ1) is 4.18. The molecule has 0 N–H and O–H groups in total. The highest BCUT2D eigenvalue weighted by atomic mass is 79.9. The standard InChI is InChI=1S/C6H15BrOSi/c1-4-5-8-6(7)9(2)3/h6,9H,4-5H2,1-3H3. The number of rotatable bonds is 4. The quantitative estimate of drug-likeness (QED) is 0.511. The summed E-state index contributed by atoms with van der Waals surface area (Å²) in [5.41, 5.74) is 0. The van der Waals surface area contributed by atoms with Crippen LogP contribution in [0.25, 0.3) is 0 Å². The van der Waals surface area contributed by atoms with Gasteiger partial charge in [-0.15, -0.1) is 0 Å². The average molecular weight is 211 g/mol. The lowest BCUT2D eigenvalue weighted by molar-refractivity contribution is 0.159. The van der Waals surface area contributed by atoms with E-state index in [1.807, 2.05) is 0 Å². The van der Waals surface area contributed by atoms with E-state index >= 15 is 0 Å². The van der Waals surface area contributed by atoms with Gasteiger partial charge in [-0.1, -0.05) is 35.9 Å². The molecule has 0 heterocycles. The number of hydrogen-bond donors (Lipinski definition) is 0. The van der Waals surface area contributed by atoms with Crippen molar-refractivity contribution in [3.05, 3.63) is 0 Å². The van der Waals surface area contributed by atoms with E-state index in [0.29, 0.717) is 4.64 Å². The second-order valence-corrected chi connectivity index (χ2v) is 7.44. The highest BCUT2D eigenvalue weighted by Crippen LogP contribution is 2.06. The molecule has 0 bridgehead atoms. The molecule has 9 heavy (non-hydrogen) atoms. The van der Waals surface area contributed by atoms with E-state index in [4.69, 9.17) is 4.74 Å². The zero-order valence-electron chi connectivity index (χ0n) is 6.36. The Morgan fingerprint density at radius 1 is 1.56 bits per heavy atom. The van der Waals surface area contributed by atoms with Gasteiger partial charge in [0.25, 0.3) is 0 Å². The lowest BCUT2D eigenvalue weighted by atomic mass is 10.5. The summed E-state index contributed by atoms with van der Waals surface area (Å²) in [4.78, 5) is 0. The number of ether oxygens (including phenoxy) is 1. The second-order valence-electron chi connectivity index (χ2n) is 2.47. The average Bonchev–Trinajstić information content (AvgIpc) is 1.82. The largest absolute Gasteiger partial charge is 0.371 e. The van der Waals surface area contributed by atoms with Crippen LogP contribution in [0.2, 0.25) is 13.1 Å². The Hall–Kier alpha value is 0.657. The SMILES string of the molecule is CCCOC(Br)[SiH](C)C. The van der Waals surface area contributed by atoms with E-state index < -0.39 is 8.80 Å². The maximum Gasteiger partial charge on any atom is 0.0968 e. The van der Waals surface area contributed by atoms with Gasteiger partial charge in [0.1, 0.15) is 0 Å². The molecule has 0 rings (SSSR count). The smallest absolute Gasteiger partial charge is 0.0968 e. The second kappa shape index (κ2) is 5.44. The Kier molecular flexibility index (Phi) is 5.84. The van der Waals surface area contributed by atoms with Crippen molar-refractivity contribution >= 4 is 24.7 Å². The monoisotopic (exact) mass is 210 g/mol. The van der Waals surface area contributed by atoms with Crippen LogP contribution in [-0.4, -0.2) is 20.0 Å². The van der Waals surface area contributed by atoms with Gasteiger partial charge in [0.2, 0.25) is 0 Å². The predicted molar refractivity (Wildman–Crippen MR) is 47.8 cm³/mol. The lowest BCUT2D eigenvalue weighted by Gasteiger charge is -2.12. The Morgan fingerprint density at radius 2 is 2.11 bits per heavy atom. The molecule has 0 aliphatic rings. The molecule has 0 aliphatic carbocycles. The predicted octanol–water partition coefficient (Wildman–Crippen LogP) is 2.16. The van der Waals surface area contributed by atoms with E-state index in [-0.39, 0.29) is 0 Å². The summed E-state index contributed by atoms with van der Waals surface area (Å²) in [5, 5.41) is 0. The molecule has 0 saturated heterocycles. The van der Waals surface area contributed by atoms with Crippen molar-refractivity contribution < 1.29 is 4.74 Å². The summed E-state index contributed by atoms with van der Waals surface area (Å²) in [5.74, 6) is 0. The minimum Gasteiger partial charge on any atom is -0.371 e. The van der Waals surface area contributed by atoms with Crippen molar-refractivity contribution in [1.82, 2.24) is 0 Å². The topological polar surface area (TPSA) is 9.23 Å². The molecule has 0 aromatic heterocycles. The van der Waals surface area contributed by atoms with E-state index in [9.17, 15) is 0 Å². The molecule has 1 unspecified atom stereocenters. The molecule has 3 heteroatoms. The van der Waals surface area contributed by atoms with Crippen molar-refractivity contribution in [2.24, 2.45) is 0 Å². The first kappa shape index (κ1) is 9.66. The van der Waals surface area contributed by atoms with Crippen molar-refractivity contribution in [3.8, 4) is 0 Å². The Bertz CT molecular complexity index is 68.1. The van der Waals surface area contributed by atoms with Gasteiger partial charge in [0, 0.05) is 6.61 Å². The summed E-state index contributed by atoms with van der Waals surface area (Å²) in [6.07, 6.45) is 1.11. The third kappa shape index (κ3) is 5.12. The summed E-state index contributed by atoms with van der Waals surface area (Å²) in [7, 11) is -0.602. The number of halogens is 1. The highest BCUT2D eigenvalue weighted by Gasteiger charge is 2.08. The molecular weight excluding hydrogens is 196 g/mol. The molecule has 0 radical (unpaired) electrons. The van der Waals surface area contributed by atoms with Crippen LogP contribution in [-0.2, 0) is 4.74 Å². The summed E-state index contributed by atoms with van der Waals surface area (Å²) in [6.45, 7) is 7.56. The fourth-order valence-corrected chi connectivity index (χ4v) is 1.13. The van der Waals surface area contributed by atoms with Gasteiger partial charge >= 0.3 is 0 Å². The zero-order valence-corrected chi connectivity index (χ0v) is 9.10. The van der Waals surface area contributed by atoms with Crippen LogP contribution in [0.1, 0.15) is 13.3 Å². The summed E-state index contributed by atoms with van der Waals surface area (Å²) < 4.78 is 5.80. The van der Waals surface area contributed by atoms with E-state index in [1.165, 1.54) is 0 Å². The molecule has 0 fully saturated rings. The molecule has 0 saturated carbocycles. The number of alkyl halides is 1. The minimum atomic E-state index is -0.602. The van der Waals surface area contributed by atoms with E-state index in [2.05, 4.69) is 35.9 Å². The van der Waals surface area contributed by atoms with E-state index in [0.717, 1.165) is 13.0 Å². The van der Waals surface area contributed by atoms with Gasteiger partial charge in [0.15, 0.2) is 0 Å². The molecule has 0 spiro atoms. The van der Waals surface area contributed by atoms with Crippen molar-refractivity contribution in [1.29, 1.82) is 0 Å². The molecule has 0 aliphatic heterocycles. The fourth-order valence-electron chi connectivity index (χ4n) is 0.423. The third-order valence-electron chi connectivity index (χ3n) is 1.01. The maximum atomic E-state index is 5.43. The van der Waals surface area contributed by atoms with E-state index in [1.54, 1.807) is 0 Å². The van der Waals surface area contributed by atoms with Crippen LogP contribution in [0.4, 0.5) is 0 Å². The van der Waals surface area contributed by atoms with Gasteiger partial charge in [-0.05, 0) is 6.42 Å². The van der Waals surface area contributed by atoms with Crippen LogP contribution in [0.3, 0.4) is 0 Å². The molecule has 56 valence electrons. The molecule has 0 aromatic rings. The van der Waals surface area contributed by atoms with Gasteiger partial charge in [-0.2, -0.15) is 0 Å². The summed E-state index contributed by atoms with van der Waals surface area (Å²) >= 11 is 3.48. The minimum absolute atomic E-state index is 0.373. The van der Waals surface area contributed by atoms with Crippen molar-refractivity contribution in [2.45, 2.75) is 31.1 Å². The van der Waals surface area contributed by atoms with Crippen LogP contribution >= 0.6 is 15.9 Å². The Morgan fingerprint density at radius 3 is 2.44 bits per heavy atom. The van der Waals surface area contributed by atoms with Gasteiger partial charge in [0.05, 0.1) is 13.4 Å². The summed E-state index contributed by atoms with van der Waals surface area (Å²) in [6, 6.07) is 0. The van der Waals surface area contributed by atoms with Crippen molar-refractivity contribution in [3.63, 3.8) is 0 Å². The van der Waals surface area contributed by atoms with Crippen molar-refractivity contribution in [2.75, 3.05) is 6.61 Å². The van der Waals surface area contributed by atoms with Gasteiger partial charge < -0.3 is 4.74 Å². The molecule has 0 aromatic carbocycles. The fraction of sp³-hybridized carbons (Fsp3) is 1.00.